The highest BCUT2D eigenvalue weighted by molar-refractivity contribution is 5.73. The summed E-state index contributed by atoms with van der Waals surface area (Å²) in [4.78, 5) is 12.9. The summed E-state index contributed by atoms with van der Waals surface area (Å²) in [5, 5.41) is 20.7. The van der Waals surface area contributed by atoms with E-state index in [1.54, 1.807) is 14.0 Å². The Morgan fingerprint density at radius 1 is 1.50 bits per heavy atom. The Kier molecular flexibility index (Phi) is 6.36. The van der Waals surface area contributed by atoms with E-state index in [4.69, 9.17) is 5.11 Å². The van der Waals surface area contributed by atoms with Gasteiger partial charge in [0, 0.05) is 20.1 Å². The molecule has 0 saturated carbocycles. The van der Waals surface area contributed by atoms with Crippen LogP contribution in [-0.4, -0.2) is 54.0 Å². The highest BCUT2D eigenvalue weighted by atomic mass is 16.3. The second-order valence-corrected chi connectivity index (χ2v) is 5.02. The molecule has 0 radical (unpaired) electrons. The third kappa shape index (κ3) is 6.63. The van der Waals surface area contributed by atoms with Crippen molar-refractivity contribution in [2.45, 2.75) is 33.3 Å². The van der Waals surface area contributed by atoms with E-state index in [1.807, 2.05) is 13.8 Å². The molecule has 16 heavy (non-hydrogen) atoms. The summed E-state index contributed by atoms with van der Waals surface area (Å²) in [5.74, 6) is 0. The zero-order chi connectivity index (χ0) is 12.8. The Balaban J connectivity index is 3.99. The molecule has 5 heteroatoms. The number of carbonyl (C=O) groups is 1. The number of carbonyl (C=O) groups excluding carboxylic acids is 1. The van der Waals surface area contributed by atoms with Gasteiger partial charge in [0.2, 0.25) is 0 Å². The molecule has 0 saturated heterocycles. The number of rotatable bonds is 6. The van der Waals surface area contributed by atoms with Crippen LogP contribution in [0.3, 0.4) is 0 Å². The van der Waals surface area contributed by atoms with Gasteiger partial charge in [-0.15, -0.1) is 0 Å². The molecule has 2 amide bonds. The maximum Gasteiger partial charge on any atom is 0.317 e. The number of nitrogens with zero attached hydrogens (tertiary/aromatic N) is 1. The van der Waals surface area contributed by atoms with E-state index >= 15 is 0 Å². The fraction of sp³-hybridized carbons (Fsp3) is 0.909. The lowest BCUT2D eigenvalue weighted by molar-refractivity contribution is 0.126. The zero-order valence-corrected chi connectivity index (χ0v) is 10.7. The summed E-state index contributed by atoms with van der Waals surface area (Å²) in [6, 6.07) is -0.201. The molecule has 5 nitrogen and oxygen atoms in total. The number of hydrogen-bond acceptors (Lipinski definition) is 3. The highest BCUT2D eigenvalue weighted by Gasteiger charge is 2.21. The zero-order valence-electron chi connectivity index (χ0n) is 10.7. The minimum Gasteiger partial charge on any atom is -0.395 e. The van der Waals surface area contributed by atoms with Crippen LogP contribution in [0.4, 0.5) is 4.79 Å². The van der Waals surface area contributed by atoms with Gasteiger partial charge < -0.3 is 20.4 Å². The molecule has 0 aliphatic carbocycles. The van der Waals surface area contributed by atoms with Crippen molar-refractivity contribution in [1.82, 2.24) is 10.2 Å². The average Bonchev–Trinajstić information content (AvgIpc) is 2.12. The van der Waals surface area contributed by atoms with Gasteiger partial charge in [-0.3, -0.25) is 0 Å². The topological polar surface area (TPSA) is 72.8 Å². The SMILES string of the molecule is CC(O)CC(C)(C)CNC(=O)N(C)CCO. The van der Waals surface area contributed by atoms with E-state index in [2.05, 4.69) is 5.32 Å². The Morgan fingerprint density at radius 2 is 2.06 bits per heavy atom. The van der Waals surface area contributed by atoms with Crippen LogP contribution < -0.4 is 5.32 Å². The Bertz CT molecular complexity index is 217. The lowest BCUT2D eigenvalue weighted by Crippen LogP contribution is -2.43. The molecule has 0 aliphatic rings. The summed E-state index contributed by atoms with van der Waals surface area (Å²) in [7, 11) is 1.63. The number of amides is 2. The van der Waals surface area contributed by atoms with Gasteiger partial charge in [-0.1, -0.05) is 13.8 Å². The van der Waals surface area contributed by atoms with E-state index in [9.17, 15) is 9.90 Å². The van der Waals surface area contributed by atoms with Crippen LogP contribution in [0.25, 0.3) is 0 Å². The third-order valence-electron chi connectivity index (χ3n) is 2.35. The smallest absolute Gasteiger partial charge is 0.317 e. The molecule has 0 aromatic heterocycles. The van der Waals surface area contributed by atoms with Gasteiger partial charge in [0.25, 0.3) is 0 Å². The molecule has 0 aromatic rings. The fourth-order valence-electron chi connectivity index (χ4n) is 1.57. The number of aliphatic hydroxyl groups excluding tert-OH is 2. The molecule has 0 aromatic carbocycles. The minimum absolute atomic E-state index is 0.0407. The summed E-state index contributed by atoms with van der Waals surface area (Å²) >= 11 is 0. The molecule has 0 aliphatic heterocycles. The molecule has 0 bridgehead atoms. The summed E-state index contributed by atoms with van der Waals surface area (Å²) in [6.45, 7) is 6.51. The second-order valence-electron chi connectivity index (χ2n) is 5.02. The van der Waals surface area contributed by atoms with Crippen molar-refractivity contribution in [3.05, 3.63) is 0 Å². The normalized spacial score (nSPS) is 13.4. The molecule has 0 spiro atoms. The van der Waals surface area contributed by atoms with Gasteiger partial charge in [0.15, 0.2) is 0 Å². The third-order valence-corrected chi connectivity index (χ3v) is 2.35. The Hall–Kier alpha value is -0.810. The van der Waals surface area contributed by atoms with Crippen LogP contribution in [0.15, 0.2) is 0 Å². The summed E-state index contributed by atoms with van der Waals surface area (Å²) < 4.78 is 0. The maximum absolute atomic E-state index is 11.5. The van der Waals surface area contributed by atoms with Crippen molar-refractivity contribution in [2.75, 3.05) is 26.7 Å². The van der Waals surface area contributed by atoms with Crippen LogP contribution in [0.1, 0.15) is 27.2 Å². The standard InChI is InChI=1S/C11H24N2O3/c1-9(15)7-11(2,3)8-12-10(16)13(4)5-6-14/h9,14-15H,5-8H2,1-4H3,(H,12,16). The maximum atomic E-state index is 11.5. The average molecular weight is 232 g/mol. The van der Waals surface area contributed by atoms with Crippen LogP contribution in [-0.2, 0) is 0 Å². The molecular formula is C11H24N2O3. The van der Waals surface area contributed by atoms with Crippen LogP contribution in [0.2, 0.25) is 0 Å². The first-order chi connectivity index (χ1) is 7.28. The largest absolute Gasteiger partial charge is 0.395 e. The molecule has 0 fully saturated rings. The van der Waals surface area contributed by atoms with E-state index in [1.165, 1.54) is 4.90 Å². The number of urea groups is 1. The number of hydrogen-bond donors (Lipinski definition) is 3. The first-order valence-corrected chi connectivity index (χ1v) is 5.56. The van der Waals surface area contributed by atoms with E-state index in [-0.39, 0.29) is 24.2 Å². The van der Waals surface area contributed by atoms with Crippen molar-refractivity contribution in [2.24, 2.45) is 5.41 Å². The second kappa shape index (κ2) is 6.70. The summed E-state index contributed by atoms with van der Waals surface area (Å²) in [6.07, 6.45) is 0.263. The van der Waals surface area contributed by atoms with Crippen molar-refractivity contribution >= 4 is 6.03 Å². The van der Waals surface area contributed by atoms with Crippen LogP contribution >= 0.6 is 0 Å². The number of nitrogens with one attached hydrogen (secondary N) is 1. The fourth-order valence-corrected chi connectivity index (χ4v) is 1.57. The molecular weight excluding hydrogens is 208 g/mol. The van der Waals surface area contributed by atoms with Crippen molar-refractivity contribution in [1.29, 1.82) is 0 Å². The van der Waals surface area contributed by atoms with Crippen molar-refractivity contribution < 1.29 is 15.0 Å². The van der Waals surface area contributed by atoms with Crippen LogP contribution in [0, 0.1) is 5.41 Å². The molecule has 1 unspecified atom stereocenters. The van der Waals surface area contributed by atoms with Crippen molar-refractivity contribution in [3.63, 3.8) is 0 Å². The Morgan fingerprint density at radius 3 is 2.50 bits per heavy atom. The van der Waals surface area contributed by atoms with Crippen LogP contribution in [0.5, 0.6) is 0 Å². The van der Waals surface area contributed by atoms with E-state index in [0.717, 1.165) is 0 Å². The van der Waals surface area contributed by atoms with Gasteiger partial charge in [-0.25, -0.2) is 4.79 Å². The lowest BCUT2D eigenvalue weighted by atomic mass is 9.87. The quantitative estimate of drug-likeness (QED) is 0.621. The highest BCUT2D eigenvalue weighted by Crippen LogP contribution is 2.20. The van der Waals surface area contributed by atoms with Gasteiger partial charge in [0.1, 0.15) is 0 Å². The van der Waals surface area contributed by atoms with E-state index < -0.39 is 0 Å². The van der Waals surface area contributed by atoms with Gasteiger partial charge in [-0.05, 0) is 18.8 Å². The Labute approximate surface area is 97.4 Å². The van der Waals surface area contributed by atoms with Gasteiger partial charge in [-0.2, -0.15) is 0 Å². The summed E-state index contributed by atoms with van der Waals surface area (Å²) in [5.41, 5.74) is -0.135. The van der Waals surface area contributed by atoms with E-state index in [0.29, 0.717) is 19.5 Å². The van der Waals surface area contributed by atoms with Gasteiger partial charge in [0.05, 0.1) is 12.7 Å². The monoisotopic (exact) mass is 232 g/mol. The lowest BCUT2D eigenvalue weighted by Gasteiger charge is -2.27. The first-order valence-electron chi connectivity index (χ1n) is 5.56. The first kappa shape index (κ1) is 15.2. The number of aliphatic hydroxyl groups is 2. The molecule has 3 N–H and O–H groups in total. The number of likely N-dealkylation sites (N-methyl/N-ethyl adjacent to an activating group) is 1. The van der Waals surface area contributed by atoms with Gasteiger partial charge >= 0.3 is 6.03 Å². The predicted octanol–water partition coefficient (Wildman–Crippen LogP) is 0.417. The molecule has 0 heterocycles. The van der Waals surface area contributed by atoms with Crippen molar-refractivity contribution in [3.8, 4) is 0 Å². The predicted molar refractivity (Wildman–Crippen MR) is 63.2 cm³/mol. The minimum atomic E-state index is -0.373. The molecule has 0 rings (SSSR count). The molecule has 96 valence electrons. The molecule has 1 atom stereocenters.